The fraction of sp³-hybridized carbons (Fsp3) is 0.250. The minimum atomic E-state index is -3.42. The van der Waals surface area contributed by atoms with Gasteiger partial charge in [-0.25, -0.2) is 18.4 Å². The van der Waals surface area contributed by atoms with Gasteiger partial charge in [0.25, 0.3) is 5.91 Å². The van der Waals surface area contributed by atoms with E-state index in [2.05, 4.69) is 20.6 Å². The van der Waals surface area contributed by atoms with Crippen molar-refractivity contribution in [2.24, 2.45) is 5.73 Å². The second kappa shape index (κ2) is 10.1. The summed E-state index contributed by atoms with van der Waals surface area (Å²) in [6.45, 7) is 0.838. The van der Waals surface area contributed by atoms with Gasteiger partial charge in [0, 0.05) is 38.0 Å². The molecule has 0 aliphatic carbocycles. The van der Waals surface area contributed by atoms with E-state index in [4.69, 9.17) is 5.73 Å². The molecule has 3 aromatic rings. The monoisotopic (exact) mass is 494 g/mol. The van der Waals surface area contributed by atoms with E-state index in [9.17, 15) is 18.0 Å². The highest BCUT2D eigenvalue weighted by Gasteiger charge is 2.20. The number of hydrogen-bond acceptors (Lipinski definition) is 8. The third-order valence-electron chi connectivity index (χ3n) is 5.65. The number of nitrogens with two attached hydrogens (primary N) is 1. The molecular weight excluding hydrogens is 468 g/mol. The summed E-state index contributed by atoms with van der Waals surface area (Å²) < 4.78 is 24.2. The van der Waals surface area contributed by atoms with E-state index in [1.165, 1.54) is 12.3 Å². The van der Waals surface area contributed by atoms with Crippen molar-refractivity contribution < 1.29 is 18.0 Å². The minimum absolute atomic E-state index is 0.0932. The molecule has 4 N–H and O–H groups in total. The lowest BCUT2D eigenvalue weighted by Crippen LogP contribution is -2.35. The average Bonchev–Trinajstić information content (AvgIpc) is 2.83. The predicted octanol–water partition coefficient (Wildman–Crippen LogP) is 2.85. The molecule has 10 nitrogen and oxygen atoms in total. The van der Waals surface area contributed by atoms with Crippen LogP contribution in [0.4, 0.5) is 23.0 Å². The predicted molar refractivity (Wildman–Crippen MR) is 133 cm³/mol. The Hall–Kier alpha value is -3.99. The number of pyridine rings is 2. The number of carbonyl (C=O) groups is 2. The Bertz CT molecular complexity index is 1360. The largest absolute Gasteiger partial charge is 0.380 e. The second-order valence-corrected chi connectivity index (χ2v) is 10.2. The molecule has 2 amide bonds. The number of amides is 2. The van der Waals surface area contributed by atoms with Crippen LogP contribution in [0.2, 0.25) is 0 Å². The number of rotatable bonds is 8. The molecule has 0 spiro atoms. The van der Waals surface area contributed by atoms with E-state index >= 15 is 0 Å². The smallest absolute Gasteiger partial charge is 0.252 e. The molecule has 0 bridgehead atoms. The van der Waals surface area contributed by atoms with Gasteiger partial charge in [-0.1, -0.05) is 18.2 Å². The minimum Gasteiger partial charge on any atom is -0.380 e. The highest BCUT2D eigenvalue weighted by molar-refractivity contribution is 7.90. The molecule has 3 heterocycles. The number of piperidine rings is 1. The highest BCUT2D eigenvalue weighted by Crippen LogP contribution is 2.25. The van der Waals surface area contributed by atoms with Crippen LogP contribution in [0.1, 0.15) is 35.2 Å². The number of sulfone groups is 1. The standard InChI is InChI=1S/C24H26N6O4S/c1-35(33,34)20-7-3-2-6-16(20)13-26-19-12-22(28-15-18(19)24(25)32)29-21-10-9-17(14-27-21)30-11-5-4-8-23(30)31/h2-3,6-7,9-10,12,14-15H,4-5,8,11,13H2,1H3,(H2,25,32)(H2,26,27,28,29). The van der Waals surface area contributed by atoms with Crippen LogP contribution in [-0.2, 0) is 21.2 Å². The number of aromatic nitrogens is 2. The fourth-order valence-electron chi connectivity index (χ4n) is 3.90. The zero-order chi connectivity index (χ0) is 25.0. The maximum atomic E-state index is 12.1. The Morgan fingerprint density at radius 1 is 1.09 bits per heavy atom. The van der Waals surface area contributed by atoms with E-state index in [0.717, 1.165) is 24.8 Å². The summed E-state index contributed by atoms with van der Waals surface area (Å²) in [5.74, 6) is 0.335. The Balaban J connectivity index is 1.53. The lowest BCUT2D eigenvalue weighted by atomic mass is 10.1. The number of benzene rings is 1. The molecule has 35 heavy (non-hydrogen) atoms. The first-order valence-electron chi connectivity index (χ1n) is 11.1. The molecule has 4 rings (SSSR count). The molecular formula is C24H26N6O4S. The van der Waals surface area contributed by atoms with Gasteiger partial charge in [-0.2, -0.15) is 0 Å². The molecule has 2 aromatic heterocycles. The molecule has 1 aliphatic rings. The number of hydrogen-bond donors (Lipinski definition) is 3. The van der Waals surface area contributed by atoms with Crippen LogP contribution in [0.25, 0.3) is 0 Å². The van der Waals surface area contributed by atoms with Crippen LogP contribution in [0.15, 0.2) is 59.8 Å². The van der Waals surface area contributed by atoms with Gasteiger partial charge in [-0.15, -0.1) is 0 Å². The molecule has 11 heteroatoms. The van der Waals surface area contributed by atoms with Gasteiger partial charge in [0.1, 0.15) is 11.6 Å². The summed E-state index contributed by atoms with van der Waals surface area (Å²) in [7, 11) is -3.42. The first-order valence-corrected chi connectivity index (χ1v) is 13.0. The molecule has 0 saturated carbocycles. The lowest BCUT2D eigenvalue weighted by molar-refractivity contribution is -0.119. The Morgan fingerprint density at radius 3 is 2.54 bits per heavy atom. The van der Waals surface area contributed by atoms with Crippen molar-refractivity contribution >= 4 is 44.7 Å². The van der Waals surface area contributed by atoms with Crippen molar-refractivity contribution in [3.63, 3.8) is 0 Å². The second-order valence-electron chi connectivity index (χ2n) is 8.24. The summed E-state index contributed by atoms with van der Waals surface area (Å²) in [5, 5.41) is 6.17. The molecule has 182 valence electrons. The highest BCUT2D eigenvalue weighted by atomic mass is 32.2. The van der Waals surface area contributed by atoms with E-state index in [1.807, 2.05) is 6.07 Å². The fourth-order valence-corrected chi connectivity index (χ4v) is 4.84. The maximum Gasteiger partial charge on any atom is 0.252 e. The molecule has 1 saturated heterocycles. The third-order valence-corrected chi connectivity index (χ3v) is 6.85. The maximum absolute atomic E-state index is 12.1. The number of nitrogens with one attached hydrogen (secondary N) is 2. The van der Waals surface area contributed by atoms with Crippen molar-refractivity contribution in [1.82, 2.24) is 9.97 Å². The average molecular weight is 495 g/mol. The number of nitrogens with zero attached hydrogens (tertiary/aromatic N) is 3. The van der Waals surface area contributed by atoms with E-state index < -0.39 is 15.7 Å². The van der Waals surface area contributed by atoms with Crippen LogP contribution < -0.4 is 21.3 Å². The summed E-state index contributed by atoms with van der Waals surface area (Å²) in [4.78, 5) is 34.6. The number of primary amides is 1. The Morgan fingerprint density at radius 2 is 1.86 bits per heavy atom. The van der Waals surface area contributed by atoms with Crippen molar-refractivity contribution in [3.8, 4) is 0 Å². The van der Waals surface area contributed by atoms with Gasteiger partial charge in [-0.3, -0.25) is 9.59 Å². The van der Waals surface area contributed by atoms with Crippen LogP contribution >= 0.6 is 0 Å². The van der Waals surface area contributed by atoms with Crippen molar-refractivity contribution in [1.29, 1.82) is 0 Å². The molecule has 1 aromatic carbocycles. The third kappa shape index (κ3) is 5.75. The van der Waals surface area contributed by atoms with Crippen molar-refractivity contribution in [2.45, 2.75) is 30.7 Å². The molecule has 1 aliphatic heterocycles. The van der Waals surface area contributed by atoms with Gasteiger partial charge in [0.15, 0.2) is 9.84 Å². The summed E-state index contributed by atoms with van der Waals surface area (Å²) in [5.41, 5.74) is 7.36. The molecule has 0 unspecified atom stereocenters. The first kappa shape index (κ1) is 24.1. The van der Waals surface area contributed by atoms with E-state index in [1.54, 1.807) is 41.4 Å². The molecule has 1 fully saturated rings. The lowest BCUT2D eigenvalue weighted by Gasteiger charge is -2.26. The Kier molecular flexibility index (Phi) is 6.97. The zero-order valence-corrected chi connectivity index (χ0v) is 20.0. The normalized spacial score (nSPS) is 14.0. The summed E-state index contributed by atoms with van der Waals surface area (Å²) >= 11 is 0. The van der Waals surface area contributed by atoms with Crippen molar-refractivity contribution in [2.75, 3.05) is 28.3 Å². The molecule has 0 radical (unpaired) electrons. The van der Waals surface area contributed by atoms with Crippen LogP contribution in [0, 0.1) is 0 Å². The first-order chi connectivity index (χ1) is 16.7. The number of anilines is 4. The van der Waals surface area contributed by atoms with Gasteiger partial charge >= 0.3 is 0 Å². The van der Waals surface area contributed by atoms with Crippen LogP contribution in [0.3, 0.4) is 0 Å². The quantitative estimate of drug-likeness (QED) is 0.433. The van der Waals surface area contributed by atoms with Crippen LogP contribution in [0.5, 0.6) is 0 Å². The van der Waals surface area contributed by atoms with Gasteiger partial charge in [-0.05, 0) is 36.6 Å². The van der Waals surface area contributed by atoms with E-state index in [-0.39, 0.29) is 22.9 Å². The summed E-state index contributed by atoms with van der Waals surface area (Å²) in [6, 6.07) is 11.8. The Labute approximate surface area is 203 Å². The van der Waals surface area contributed by atoms with E-state index in [0.29, 0.717) is 35.9 Å². The van der Waals surface area contributed by atoms with Crippen LogP contribution in [-0.4, -0.2) is 43.0 Å². The van der Waals surface area contributed by atoms with Crippen molar-refractivity contribution in [3.05, 3.63) is 66.0 Å². The zero-order valence-electron chi connectivity index (χ0n) is 19.2. The van der Waals surface area contributed by atoms with Gasteiger partial charge in [0.2, 0.25) is 5.91 Å². The number of carbonyl (C=O) groups excluding carboxylic acids is 2. The van der Waals surface area contributed by atoms with Gasteiger partial charge in [0.05, 0.1) is 28.0 Å². The molecule has 0 atom stereocenters. The van der Waals surface area contributed by atoms with Gasteiger partial charge < -0.3 is 21.3 Å². The topological polar surface area (TPSA) is 147 Å². The summed E-state index contributed by atoms with van der Waals surface area (Å²) in [6.07, 6.45) is 6.54. The SMILES string of the molecule is CS(=O)(=O)c1ccccc1CNc1cc(Nc2ccc(N3CCCCC3=O)cn2)ncc1C(N)=O.